The number of aliphatic carboxylic acids is 1. The van der Waals surface area contributed by atoms with Crippen LogP contribution < -0.4 is 10.6 Å². The van der Waals surface area contributed by atoms with Crippen LogP contribution in [0.15, 0.2) is 103 Å². The number of nitrogens with one attached hydrogen (secondary N) is 2. The van der Waals surface area contributed by atoms with Crippen LogP contribution in [0.25, 0.3) is 0 Å². The third-order valence-electron chi connectivity index (χ3n) is 6.12. The van der Waals surface area contributed by atoms with Crippen LogP contribution in [0.5, 0.6) is 0 Å². The first-order chi connectivity index (χ1) is 17.9. The van der Waals surface area contributed by atoms with Crippen molar-refractivity contribution < 1.29 is 19.5 Å². The molecule has 37 heavy (non-hydrogen) atoms. The molecule has 192 valence electrons. The van der Waals surface area contributed by atoms with Gasteiger partial charge in [0.05, 0.1) is 0 Å². The molecular formula is C31H34N2O4. The van der Waals surface area contributed by atoms with Crippen molar-refractivity contribution in [1.82, 2.24) is 10.6 Å². The molecule has 3 aromatic rings. The van der Waals surface area contributed by atoms with E-state index in [1.165, 1.54) is 6.08 Å². The van der Waals surface area contributed by atoms with Gasteiger partial charge < -0.3 is 15.7 Å². The van der Waals surface area contributed by atoms with E-state index in [9.17, 15) is 19.5 Å². The van der Waals surface area contributed by atoms with Gasteiger partial charge in [0.2, 0.25) is 11.8 Å². The predicted octanol–water partition coefficient (Wildman–Crippen LogP) is 4.35. The molecule has 0 bridgehead atoms. The Hall–Kier alpha value is -4.19. The first-order valence-corrected chi connectivity index (χ1v) is 12.5. The van der Waals surface area contributed by atoms with Gasteiger partial charge in [-0.05, 0) is 36.0 Å². The summed E-state index contributed by atoms with van der Waals surface area (Å²) in [6.07, 6.45) is 5.08. The molecule has 0 aliphatic rings. The molecule has 0 aliphatic carbocycles. The van der Waals surface area contributed by atoms with Crippen molar-refractivity contribution in [3.05, 3.63) is 120 Å². The molecule has 6 nitrogen and oxygen atoms in total. The van der Waals surface area contributed by atoms with E-state index in [4.69, 9.17) is 0 Å². The smallest absolute Gasteiger partial charge is 0.326 e. The van der Waals surface area contributed by atoms with Crippen molar-refractivity contribution in [2.75, 3.05) is 0 Å². The molecule has 0 heterocycles. The fourth-order valence-corrected chi connectivity index (χ4v) is 4.04. The SMILES string of the molecule is C[C@@H](Cc1ccccc1)C(=O)NC(/C=C/C(=O)N[C@@H](Cc1ccccc1)C(=O)O)CCc1ccccc1. The van der Waals surface area contributed by atoms with Crippen LogP contribution in [0, 0.1) is 5.92 Å². The standard InChI is InChI=1S/C31H34N2O4/c1-23(21-25-13-7-3-8-14-25)30(35)32-27(18-17-24-11-5-2-6-12-24)19-20-29(34)33-28(31(36)37)22-26-15-9-4-10-16-26/h2-16,19-20,23,27-28H,17-18,21-22H2,1H3,(H,32,35)(H,33,34)(H,36,37)/b20-19+/t23-,27?,28-/m0/s1. The van der Waals surface area contributed by atoms with Crippen molar-refractivity contribution in [1.29, 1.82) is 0 Å². The highest BCUT2D eigenvalue weighted by atomic mass is 16.4. The van der Waals surface area contributed by atoms with Gasteiger partial charge in [-0.1, -0.05) is 104 Å². The molecule has 3 N–H and O–H groups in total. The molecule has 0 radical (unpaired) electrons. The molecule has 0 spiro atoms. The highest BCUT2D eigenvalue weighted by molar-refractivity contribution is 5.91. The summed E-state index contributed by atoms with van der Waals surface area (Å²) < 4.78 is 0. The summed E-state index contributed by atoms with van der Waals surface area (Å²) in [6, 6.07) is 27.5. The van der Waals surface area contributed by atoms with E-state index in [0.29, 0.717) is 12.8 Å². The van der Waals surface area contributed by atoms with Gasteiger partial charge >= 0.3 is 5.97 Å². The van der Waals surface area contributed by atoms with Gasteiger partial charge in [0.1, 0.15) is 6.04 Å². The Morgan fingerprint density at radius 2 is 1.27 bits per heavy atom. The van der Waals surface area contributed by atoms with Crippen LogP contribution >= 0.6 is 0 Å². The molecule has 0 fully saturated rings. The number of hydrogen-bond donors (Lipinski definition) is 3. The lowest BCUT2D eigenvalue weighted by Crippen LogP contribution is -2.42. The van der Waals surface area contributed by atoms with Crippen LogP contribution in [0.3, 0.4) is 0 Å². The number of carboxylic acid groups (broad SMARTS) is 1. The first-order valence-electron chi connectivity index (χ1n) is 12.5. The molecule has 0 aromatic heterocycles. The minimum absolute atomic E-state index is 0.0977. The highest BCUT2D eigenvalue weighted by Crippen LogP contribution is 2.11. The summed E-state index contributed by atoms with van der Waals surface area (Å²) >= 11 is 0. The largest absolute Gasteiger partial charge is 0.480 e. The first kappa shape index (κ1) is 27.4. The number of hydrogen-bond acceptors (Lipinski definition) is 3. The van der Waals surface area contributed by atoms with Gasteiger partial charge in [0, 0.05) is 24.5 Å². The van der Waals surface area contributed by atoms with Crippen molar-refractivity contribution in [2.45, 2.75) is 44.7 Å². The maximum absolute atomic E-state index is 13.0. The number of carbonyl (C=O) groups excluding carboxylic acids is 2. The summed E-state index contributed by atoms with van der Waals surface area (Å²) in [4.78, 5) is 37.3. The Balaban J connectivity index is 1.64. The fourth-order valence-electron chi connectivity index (χ4n) is 4.04. The summed E-state index contributed by atoms with van der Waals surface area (Å²) in [5, 5.41) is 15.2. The van der Waals surface area contributed by atoms with Gasteiger partial charge in [-0.2, -0.15) is 0 Å². The van der Waals surface area contributed by atoms with Gasteiger partial charge in [0.25, 0.3) is 0 Å². The van der Waals surface area contributed by atoms with Crippen LogP contribution in [0.4, 0.5) is 0 Å². The Kier molecular flexibility index (Phi) is 10.7. The molecule has 1 unspecified atom stereocenters. The molecule has 3 atom stereocenters. The molecule has 0 aliphatic heterocycles. The lowest BCUT2D eigenvalue weighted by Gasteiger charge is -2.19. The Bertz CT molecular complexity index is 1160. The molecular weight excluding hydrogens is 464 g/mol. The summed E-state index contributed by atoms with van der Waals surface area (Å²) in [6.45, 7) is 1.88. The predicted molar refractivity (Wildman–Crippen MR) is 145 cm³/mol. The van der Waals surface area contributed by atoms with Crippen molar-refractivity contribution >= 4 is 17.8 Å². The van der Waals surface area contributed by atoms with Gasteiger partial charge in [0.15, 0.2) is 0 Å². The highest BCUT2D eigenvalue weighted by Gasteiger charge is 2.20. The minimum atomic E-state index is -1.10. The van der Waals surface area contributed by atoms with E-state index in [1.54, 1.807) is 6.08 Å². The topological polar surface area (TPSA) is 95.5 Å². The van der Waals surface area contributed by atoms with Gasteiger partial charge in [-0.25, -0.2) is 4.79 Å². The fraction of sp³-hybridized carbons (Fsp3) is 0.258. The van der Waals surface area contributed by atoms with Crippen LogP contribution in [-0.4, -0.2) is 35.0 Å². The zero-order chi connectivity index (χ0) is 26.5. The second-order valence-electron chi connectivity index (χ2n) is 9.18. The average molecular weight is 499 g/mol. The monoisotopic (exact) mass is 498 g/mol. The summed E-state index contributed by atoms with van der Waals surface area (Å²) in [5.41, 5.74) is 3.03. The summed E-state index contributed by atoms with van der Waals surface area (Å²) in [7, 11) is 0. The average Bonchev–Trinajstić information content (AvgIpc) is 2.91. The molecule has 6 heteroatoms. The number of carboxylic acids is 1. The lowest BCUT2D eigenvalue weighted by molar-refractivity contribution is -0.141. The normalized spacial score (nSPS) is 13.4. The number of amides is 2. The number of rotatable bonds is 13. The second kappa shape index (κ2) is 14.4. The van der Waals surface area contributed by atoms with E-state index in [-0.39, 0.29) is 24.3 Å². The minimum Gasteiger partial charge on any atom is -0.480 e. The third-order valence-corrected chi connectivity index (χ3v) is 6.12. The Labute approximate surface area is 218 Å². The van der Waals surface area contributed by atoms with Crippen LogP contribution in [0.1, 0.15) is 30.0 Å². The van der Waals surface area contributed by atoms with E-state index >= 15 is 0 Å². The van der Waals surface area contributed by atoms with Gasteiger partial charge in [-0.15, -0.1) is 0 Å². The van der Waals surface area contributed by atoms with Crippen molar-refractivity contribution in [3.63, 3.8) is 0 Å². The number of benzene rings is 3. The van der Waals surface area contributed by atoms with Crippen molar-refractivity contribution in [3.8, 4) is 0 Å². The maximum Gasteiger partial charge on any atom is 0.326 e. The van der Waals surface area contributed by atoms with E-state index in [0.717, 1.165) is 23.1 Å². The summed E-state index contributed by atoms with van der Waals surface area (Å²) in [5.74, 6) is -1.96. The number of carbonyl (C=O) groups is 3. The lowest BCUT2D eigenvalue weighted by atomic mass is 9.99. The zero-order valence-electron chi connectivity index (χ0n) is 21.0. The molecule has 3 rings (SSSR count). The van der Waals surface area contributed by atoms with Gasteiger partial charge in [-0.3, -0.25) is 9.59 Å². The quantitative estimate of drug-likeness (QED) is 0.305. The molecule has 3 aromatic carbocycles. The van der Waals surface area contributed by atoms with E-state index in [1.807, 2.05) is 97.9 Å². The third kappa shape index (κ3) is 9.76. The molecule has 2 amide bonds. The van der Waals surface area contributed by atoms with Crippen molar-refractivity contribution in [2.24, 2.45) is 5.92 Å². The van der Waals surface area contributed by atoms with E-state index < -0.39 is 17.9 Å². The maximum atomic E-state index is 13.0. The zero-order valence-corrected chi connectivity index (χ0v) is 21.0. The van der Waals surface area contributed by atoms with Crippen LogP contribution in [-0.2, 0) is 33.6 Å². The molecule has 0 saturated carbocycles. The van der Waals surface area contributed by atoms with Crippen LogP contribution in [0.2, 0.25) is 0 Å². The Morgan fingerprint density at radius 3 is 1.81 bits per heavy atom. The Morgan fingerprint density at radius 1 is 0.757 bits per heavy atom. The number of aryl methyl sites for hydroxylation is 1. The second-order valence-corrected chi connectivity index (χ2v) is 9.18. The van der Waals surface area contributed by atoms with E-state index in [2.05, 4.69) is 10.6 Å². The molecule has 0 saturated heterocycles.